The first-order valence-corrected chi connectivity index (χ1v) is 32.8. The number of unbranched alkanes of at least 4 members (excludes halogenated alkanes) is 2. The minimum atomic E-state index is -1.37. The Kier molecular flexibility index (Phi) is 21.8. The van der Waals surface area contributed by atoms with Gasteiger partial charge in [0.2, 0.25) is 5.82 Å². The molecule has 2 aromatic heterocycles. The molecule has 93 heavy (non-hydrogen) atoms. The number of aryl methyl sites for hydroxylation is 1. The number of aliphatic hydroxyl groups excluding tert-OH is 2. The summed E-state index contributed by atoms with van der Waals surface area (Å²) < 4.78 is 36.9. The molecule has 4 bridgehead atoms. The second-order valence-electron chi connectivity index (χ2n) is 26.3. The van der Waals surface area contributed by atoms with Crippen molar-refractivity contribution in [3.05, 3.63) is 189 Å². The van der Waals surface area contributed by atoms with Crippen molar-refractivity contribution in [2.45, 2.75) is 166 Å². The number of nitrogens with zero attached hydrogens (tertiary/aromatic N) is 4. The third kappa shape index (κ3) is 15.8. The van der Waals surface area contributed by atoms with Gasteiger partial charge in [0.25, 0.3) is 5.88 Å². The van der Waals surface area contributed by atoms with Gasteiger partial charge in [-0.2, -0.15) is 9.37 Å². The number of halogens is 1. The topological polar surface area (TPSA) is 229 Å². The fraction of sp³-hybridized carbons (Fsp3) is 0.440. The monoisotopic (exact) mass is 1270 g/mol. The van der Waals surface area contributed by atoms with E-state index in [4.69, 9.17) is 24.1 Å². The number of para-hydroxylation sites is 1. The van der Waals surface area contributed by atoms with Gasteiger partial charge in [-0.1, -0.05) is 111 Å². The molecule has 494 valence electrons. The molecule has 0 saturated carbocycles. The minimum absolute atomic E-state index is 0.0356. The lowest BCUT2D eigenvalue weighted by atomic mass is 9.68. The molecule has 5 fully saturated rings. The van der Waals surface area contributed by atoms with Gasteiger partial charge in [-0.3, -0.25) is 14.3 Å². The number of nitrogens with one attached hydrogen (secondary N) is 1. The van der Waals surface area contributed by atoms with Gasteiger partial charge in [0.1, 0.15) is 59.3 Å². The van der Waals surface area contributed by atoms with Gasteiger partial charge < -0.3 is 54.4 Å². The third-order valence-corrected chi connectivity index (χ3v) is 19.1. The Morgan fingerprint density at radius 3 is 2.23 bits per heavy atom. The molecule has 1 unspecified atom stereocenters. The van der Waals surface area contributed by atoms with Crippen LogP contribution in [0.1, 0.15) is 156 Å². The molecule has 5 aromatic carbocycles. The number of aromatic hydroxyl groups is 3. The highest BCUT2D eigenvalue weighted by atomic mass is 19.1. The molecule has 5 saturated heterocycles. The van der Waals surface area contributed by atoms with Gasteiger partial charge in [0.15, 0.2) is 6.23 Å². The molecule has 0 amide bonds. The number of likely N-dealkylation sites (N-methyl/N-ethyl adjacent to an activating group) is 1. The number of aromatic nitrogens is 3. The Balaban J connectivity index is 0.000000138. The van der Waals surface area contributed by atoms with Gasteiger partial charge in [0, 0.05) is 71.9 Å². The molecule has 14 rings (SSSR count). The summed E-state index contributed by atoms with van der Waals surface area (Å²) in [7, 11) is 4.07. The van der Waals surface area contributed by atoms with Crippen LogP contribution in [0.3, 0.4) is 0 Å². The molecule has 7 aromatic rings. The van der Waals surface area contributed by atoms with E-state index in [0.29, 0.717) is 59.0 Å². The molecule has 1 aliphatic carbocycles. The number of H-pyrrole nitrogens is 1. The summed E-state index contributed by atoms with van der Waals surface area (Å²) in [6.07, 6.45) is 11.6. The van der Waals surface area contributed by atoms with Crippen molar-refractivity contribution in [3.63, 3.8) is 0 Å². The number of Topliss-reactive ketones (excluding diaryl/α,β-unsaturated/α-hetero) is 1. The van der Waals surface area contributed by atoms with E-state index in [0.717, 1.165) is 103 Å². The van der Waals surface area contributed by atoms with Crippen LogP contribution in [0.4, 0.5) is 4.39 Å². The van der Waals surface area contributed by atoms with Crippen molar-refractivity contribution >= 4 is 33.8 Å². The number of ether oxygens (including phenoxy) is 4. The SMILES string of the molecule is CC/C(=C(/c1ccc(OCCN(C)C)cc1)c1cccc(O)c1)c1ccccc1.CCCCCc1cc(O)c2c(c1)OC(C)(C)[C@@H]1CCC(C)=C[C@@H]21.C[C@H]1O[C@@H](n2cc(F)c(O)nc2=O)[C@H](O)[C@@H]1O.O=C(O[C@H]1C[C@@H]2C[C@@H]3C[C@H](C1)N2CC3=O)c1c[nH]c2ccccc12. The highest BCUT2D eigenvalue weighted by molar-refractivity contribution is 6.04. The summed E-state index contributed by atoms with van der Waals surface area (Å²) in [5, 5.41) is 49.6. The van der Waals surface area contributed by atoms with Crippen molar-refractivity contribution in [2.75, 3.05) is 33.8 Å². The standard InChI is InChI=1S/C26H29NO2.C21H30O2.C19H20N2O3.C9H11FN2O5/c1-4-25(20-9-6-5-7-10-20)26(22-11-8-12-23(28)19-22)21-13-15-24(16-14-21)29-18-17-27(2)3;1-5-6-7-8-15-12-18(22)20-16-11-14(2)9-10-17(16)21(3,4)23-19(20)13-15;22-18-10-21-12-5-11(18)6-13(21)8-14(7-12)24-19(23)16-9-20-17-4-2-1-3-15(16)17;1-3-5(13)6(14)8(17-3)12-2-4(10)7(15)11-9(12)16/h5-16,19,28H,4,17-18H2,1-3H3;11-13,16-17,22H,5-10H2,1-4H3;1-4,9,11-14,20H,5-8,10H2;2-3,5-6,8,13-14H,1H3,(H,11,15,16)/b26-25+;;;/t;16-,17-;11-,12+,13-,14+;3-,5-,6-,8-/m.1.1/s1. The maximum absolute atomic E-state index is 13.1. The van der Waals surface area contributed by atoms with Gasteiger partial charge in [-0.25, -0.2) is 9.59 Å². The Labute approximate surface area is 544 Å². The minimum Gasteiger partial charge on any atom is -0.508 e. The third-order valence-electron chi connectivity index (χ3n) is 19.1. The van der Waals surface area contributed by atoms with Crippen LogP contribution in [0.2, 0.25) is 0 Å². The van der Waals surface area contributed by atoms with Crippen molar-refractivity contribution in [1.29, 1.82) is 0 Å². The molecule has 8 heterocycles. The van der Waals surface area contributed by atoms with Crippen molar-refractivity contribution in [3.8, 4) is 28.9 Å². The average Bonchev–Trinajstić information content (AvgIpc) is 1.28. The van der Waals surface area contributed by atoms with E-state index in [-0.39, 0.29) is 35.3 Å². The lowest BCUT2D eigenvalue weighted by Crippen LogP contribution is -2.63. The number of hydrogen-bond acceptors (Lipinski definition) is 15. The van der Waals surface area contributed by atoms with E-state index in [1.54, 1.807) is 12.3 Å². The first kappa shape index (κ1) is 67.8. The lowest BCUT2D eigenvalue weighted by molar-refractivity contribution is -0.145. The molecule has 7 aliphatic rings. The lowest BCUT2D eigenvalue weighted by Gasteiger charge is -2.54. The average molecular weight is 1270 g/mol. The fourth-order valence-corrected chi connectivity index (χ4v) is 14.3. The molecular weight excluding hydrogens is 1180 g/mol. The number of carbonyl (C=O) groups is 2. The van der Waals surface area contributed by atoms with Crippen molar-refractivity contribution in [1.82, 2.24) is 24.3 Å². The van der Waals surface area contributed by atoms with E-state index in [1.165, 1.54) is 48.5 Å². The number of piperidine rings is 4. The van der Waals surface area contributed by atoms with Gasteiger partial charge in [0.05, 0.1) is 24.4 Å². The van der Waals surface area contributed by atoms with Crippen LogP contribution in [0.5, 0.6) is 28.9 Å². The number of phenols is 2. The van der Waals surface area contributed by atoms with Gasteiger partial charge >= 0.3 is 11.7 Å². The predicted molar refractivity (Wildman–Crippen MR) is 357 cm³/mol. The van der Waals surface area contributed by atoms with E-state index >= 15 is 0 Å². The molecule has 11 atom stereocenters. The number of carbonyl (C=O) groups excluding carboxylic acids is 2. The van der Waals surface area contributed by atoms with Crippen LogP contribution in [-0.4, -0.2) is 138 Å². The molecule has 0 spiro atoms. The molecule has 6 N–H and O–H groups in total. The number of rotatable bonds is 15. The first-order valence-electron chi connectivity index (χ1n) is 32.8. The maximum Gasteiger partial charge on any atom is 0.353 e. The number of aromatic amines is 1. The zero-order chi connectivity index (χ0) is 66.3. The quantitative estimate of drug-likeness (QED) is 0.0243. The maximum atomic E-state index is 13.1. The largest absolute Gasteiger partial charge is 0.508 e. The second-order valence-corrected chi connectivity index (χ2v) is 26.3. The van der Waals surface area contributed by atoms with Crippen molar-refractivity contribution in [2.24, 2.45) is 11.8 Å². The number of hydrogen-bond donors (Lipinski definition) is 6. The van der Waals surface area contributed by atoms with E-state index in [9.17, 15) is 39.2 Å². The Bertz CT molecular complexity index is 3850. The summed E-state index contributed by atoms with van der Waals surface area (Å²) in [6.45, 7) is 14.6. The summed E-state index contributed by atoms with van der Waals surface area (Å²) in [4.78, 5) is 46.5. The summed E-state index contributed by atoms with van der Waals surface area (Å²) in [5.74, 6) is 1.44. The van der Waals surface area contributed by atoms with Crippen LogP contribution in [0.15, 0.2) is 144 Å². The molecule has 18 heteroatoms. The predicted octanol–water partition coefficient (Wildman–Crippen LogP) is 12.7. The normalized spacial score (nSPS) is 24.9. The van der Waals surface area contributed by atoms with Crippen LogP contribution < -0.4 is 15.2 Å². The Hall–Kier alpha value is -8.13. The number of allylic oxidation sites excluding steroid dienone is 3. The summed E-state index contributed by atoms with van der Waals surface area (Å²) in [5.41, 5.74) is 9.73. The van der Waals surface area contributed by atoms with Crippen LogP contribution in [0.25, 0.3) is 22.0 Å². The van der Waals surface area contributed by atoms with E-state index < -0.39 is 41.9 Å². The number of aliphatic hydroxyl groups is 2. The zero-order valence-electron chi connectivity index (χ0n) is 54.6. The summed E-state index contributed by atoms with van der Waals surface area (Å²) >= 11 is 0. The highest BCUT2D eigenvalue weighted by Crippen LogP contribution is 2.54. The van der Waals surface area contributed by atoms with Crippen molar-refractivity contribution < 1.29 is 58.5 Å². The smallest absolute Gasteiger partial charge is 0.353 e. The van der Waals surface area contributed by atoms with Gasteiger partial charge in [-0.05, 0) is 163 Å². The number of ketones is 1. The molecule has 6 aliphatic heterocycles. The Morgan fingerprint density at radius 1 is 0.849 bits per heavy atom. The fourth-order valence-electron chi connectivity index (χ4n) is 14.3. The molecular formula is C75H90FN5O12. The van der Waals surface area contributed by atoms with Gasteiger partial charge in [-0.15, -0.1) is 0 Å². The molecule has 17 nitrogen and oxygen atoms in total. The number of fused-ring (bicyclic) bond motifs is 5. The number of phenolic OH excluding ortho intramolecular Hbond substituents is 2. The first-order chi connectivity index (χ1) is 44.6. The van der Waals surface area contributed by atoms with Crippen LogP contribution in [-0.2, 0) is 20.7 Å². The van der Waals surface area contributed by atoms with E-state index in [2.05, 4.69) is 109 Å². The number of benzene rings is 5. The zero-order valence-corrected chi connectivity index (χ0v) is 54.6. The number of esters is 1. The summed E-state index contributed by atoms with van der Waals surface area (Å²) in [6, 6.07) is 38.9. The Morgan fingerprint density at radius 2 is 1.56 bits per heavy atom. The second kappa shape index (κ2) is 29.9. The van der Waals surface area contributed by atoms with Crippen LogP contribution >= 0.6 is 0 Å². The van der Waals surface area contributed by atoms with Crippen LogP contribution in [0, 0.1) is 17.7 Å². The highest BCUT2D eigenvalue weighted by Gasteiger charge is 2.50. The molecule has 0 radical (unpaired) electrons. The van der Waals surface area contributed by atoms with E-state index in [1.807, 2.05) is 74.8 Å².